The molecule has 20 heavy (non-hydrogen) atoms. The first-order chi connectivity index (χ1) is 9.54. The predicted molar refractivity (Wildman–Crippen MR) is 73.9 cm³/mol. The topological polar surface area (TPSA) is 92.7 Å². The number of nitrogens with one attached hydrogen (secondary N) is 1. The molecule has 1 aromatic rings. The summed E-state index contributed by atoms with van der Waals surface area (Å²) in [5.74, 6) is -1.67. The van der Waals surface area contributed by atoms with Crippen molar-refractivity contribution in [1.29, 1.82) is 0 Å². The van der Waals surface area contributed by atoms with Crippen molar-refractivity contribution in [3.8, 4) is 0 Å². The van der Waals surface area contributed by atoms with Crippen molar-refractivity contribution in [3.05, 3.63) is 22.4 Å². The summed E-state index contributed by atoms with van der Waals surface area (Å²) in [4.78, 5) is 34.9. The normalized spacial score (nSPS) is 11.8. The number of aliphatic carboxylic acids is 1. The molecule has 2 N–H and O–H groups in total. The number of thiophene rings is 1. The summed E-state index contributed by atoms with van der Waals surface area (Å²) >= 11 is 1.32. The largest absolute Gasteiger partial charge is 0.480 e. The first-order valence-electron chi connectivity index (χ1n) is 6.12. The van der Waals surface area contributed by atoms with E-state index in [1.165, 1.54) is 18.4 Å². The van der Waals surface area contributed by atoms with Gasteiger partial charge in [-0.3, -0.25) is 9.59 Å². The van der Waals surface area contributed by atoms with Gasteiger partial charge in [-0.05, 0) is 11.4 Å². The molecule has 0 bridgehead atoms. The van der Waals surface area contributed by atoms with E-state index < -0.39 is 17.9 Å². The maximum Gasteiger partial charge on any atom is 0.326 e. The van der Waals surface area contributed by atoms with E-state index in [1.807, 2.05) is 0 Å². The molecular formula is C13H17NO5S. The van der Waals surface area contributed by atoms with Crippen LogP contribution in [0.2, 0.25) is 0 Å². The van der Waals surface area contributed by atoms with Crippen LogP contribution in [0.4, 0.5) is 0 Å². The van der Waals surface area contributed by atoms with E-state index in [-0.39, 0.29) is 31.7 Å². The first-order valence-corrected chi connectivity index (χ1v) is 7.00. The third-order valence-corrected chi connectivity index (χ3v) is 3.53. The quantitative estimate of drug-likeness (QED) is 0.671. The number of carboxylic acids is 1. The van der Waals surface area contributed by atoms with Gasteiger partial charge in [-0.2, -0.15) is 0 Å². The summed E-state index contributed by atoms with van der Waals surface area (Å²) in [5.41, 5.74) is 0. The number of carboxylic acid groups (broad SMARTS) is 1. The number of hydrogen-bond donors (Lipinski definition) is 2. The van der Waals surface area contributed by atoms with Crippen LogP contribution in [0.15, 0.2) is 17.5 Å². The molecule has 1 amide bonds. The van der Waals surface area contributed by atoms with Crippen molar-refractivity contribution in [1.82, 2.24) is 5.32 Å². The molecule has 1 heterocycles. The van der Waals surface area contributed by atoms with Crippen LogP contribution in [0.5, 0.6) is 0 Å². The molecular weight excluding hydrogens is 282 g/mol. The Labute approximate surface area is 120 Å². The van der Waals surface area contributed by atoms with Crippen LogP contribution >= 0.6 is 11.3 Å². The molecule has 0 saturated carbocycles. The molecule has 0 spiro atoms. The number of carbonyl (C=O) groups excluding carboxylic acids is 2. The molecule has 1 aromatic heterocycles. The first kappa shape index (κ1) is 16.3. The zero-order valence-electron chi connectivity index (χ0n) is 11.1. The Hall–Kier alpha value is -1.73. The van der Waals surface area contributed by atoms with Crippen LogP contribution in [0.1, 0.15) is 28.9 Å². The summed E-state index contributed by atoms with van der Waals surface area (Å²) < 4.78 is 4.78. The standard InChI is InChI=1S/C13H17NO5S/c1-19-7-6-9(13(17)18)14-12(16)5-4-10(15)11-3-2-8-20-11/h2-3,8-9H,4-7H2,1H3,(H,14,16)(H,17,18). The van der Waals surface area contributed by atoms with Crippen LogP contribution < -0.4 is 5.32 Å². The zero-order chi connectivity index (χ0) is 15.0. The van der Waals surface area contributed by atoms with Crippen molar-refractivity contribution >= 4 is 29.0 Å². The molecule has 1 unspecified atom stereocenters. The molecule has 0 saturated heterocycles. The average molecular weight is 299 g/mol. The number of ketones is 1. The van der Waals surface area contributed by atoms with E-state index in [2.05, 4.69) is 5.32 Å². The van der Waals surface area contributed by atoms with Crippen LogP contribution in [0.25, 0.3) is 0 Å². The molecule has 0 fully saturated rings. The van der Waals surface area contributed by atoms with Gasteiger partial charge in [0.2, 0.25) is 5.91 Å². The Kier molecular flexibility index (Phi) is 6.89. The fourth-order valence-electron chi connectivity index (χ4n) is 1.55. The molecule has 0 aromatic carbocycles. The van der Waals surface area contributed by atoms with Gasteiger partial charge in [0, 0.05) is 33.0 Å². The van der Waals surface area contributed by atoms with Gasteiger partial charge in [0.25, 0.3) is 0 Å². The lowest BCUT2D eigenvalue weighted by molar-refractivity contribution is -0.142. The van der Waals surface area contributed by atoms with Gasteiger partial charge < -0.3 is 15.2 Å². The van der Waals surface area contributed by atoms with Gasteiger partial charge in [-0.15, -0.1) is 11.3 Å². The van der Waals surface area contributed by atoms with E-state index in [9.17, 15) is 14.4 Å². The van der Waals surface area contributed by atoms with E-state index >= 15 is 0 Å². The Balaban J connectivity index is 2.38. The summed E-state index contributed by atoms with van der Waals surface area (Å²) in [6.07, 6.45) is 0.243. The highest BCUT2D eigenvalue weighted by molar-refractivity contribution is 7.12. The summed E-state index contributed by atoms with van der Waals surface area (Å²) in [6.45, 7) is 0.241. The summed E-state index contributed by atoms with van der Waals surface area (Å²) in [6, 6.07) is 2.48. The van der Waals surface area contributed by atoms with Crippen molar-refractivity contribution in [3.63, 3.8) is 0 Å². The van der Waals surface area contributed by atoms with E-state index in [4.69, 9.17) is 9.84 Å². The molecule has 6 nitrogen and oxygen atoms in total. The third kappa shape index (κ3) is 5.50. The molecule has 1 atom stereocenters. The zero-order valence-corrected chi connectivity index (χ0v) is 11.9. The predicted octanol–water partition coefficient (Wildman–Crippen LogP) is 1.32. The number of amides is 1. The maximum atomic E-state index is 11.7. The lowest BCUT2D eigenvalue weighted by Crippen LogP contribution is -2.41. The van der Waals surface area contributed by atoms with Crippen molar-refractivity contribution < 1.29 is 24.2 Å². The molecule has 0 aliphatic heterocycles. The number of methoxy groups -OCH3 is 1. The Bertz CT molecular complexity index is 457. The maximum absolute atomic E-state index is 11.7. The van der Waals surface area contributed by atoms with Crippen molar-refractivity contribution in [2.45, 2.75) is 25.3 Å². The monoisotopic (exact) mass is 299 g/mol. The molecule has 1 rings (SSSR count). The lowest BCUT2D eigenvalue weighted by atomic mass is 10.1. The van der Waals surface area contributed by atoms with Crippen LogP contribution in [0.3, 0.4) is 0 Å². The number of Topliss-reactive ketones (excluding diaryl/α,β-unsaturated/α-hetero) is 1. The number of ether oxygens (including phenoxy) is 1. The highest BCUT2D eigenvalue weighted by Gasteiger charge is 2.20. The van der Waals surface area contributed by atoms with Gasteiger partial charge in [-0.1, -0.05) is 6.07 Å². The highest BCUT2D eigenvalue weighted by atomic mass is 32.1. The van der Waals surface area contributed by atoms with Crippen molar-refractivity contribution in [2.24, 2.45) is 0 Å². The van der Waals surface area contributed by atoms with Gasteiger partial charge in [0.05, 0.1) is 4.88 Å². The Morgan fingerprint density at radius 1 is 1.40 bits per heavy atom. The molecule has 110 valence electrons. The Morgan fingerprint density at radius 2 is 2.15 bits per heavy atom. The fourth-order valence-corrected chi connectivity index (χ4v) is 2.24. The minimum atomic E-state index is -1.11. The van der Waals surface area contributed by atoms with Crippen LogP contribution in [0, 0.1) is 0 Å². The molecule has 0 radical (unpaired) electrons. The van der Waals surface area contributed by atoms with Gasteiger partial charge in [0.15, 0.2) is 5.78 Å². The Morgan fingerprint density at radius 3 is 2.70 bits per heavy atom. The summed E-state index contributed by atoms with van der Waals surface area (Å²) in [7, 11) is 1.46. The second kappa shape index (κ2) is 8.44. The minimum Gasteiger partial charge on any atom is -0.480 e. The second-order valence-electron chi connectivity index (χ2n) is 4.14. The minimum absolute atomic E-state index is 0.0203. The average Bonchev–Trinajstić information content (AvgIpc) is 2.94. The molecule has 0 aliphatic carbocycles. The van der Waals surface area contributed by atoms with Crippen molar-refractivity contribution in [2.75, 3.05) is 13.7 Å². The van der Waals surface area contributed by atoms with E-state index in [0.717, 1.165) is 0 Å². The van der Waals surface area contributed by atoms with Gasteiger partial charge in [0.1, 0.15) is 6.04 Å². The van der Waals surface area contributed by atoms with Gasteiger partial charge >= 0.3 is 5.97 Å². The smallest absolute Gasteiger partial charge is 0.326 e. The number of hydrogen-bond acceptors (Lipinski definition) is 5. The third-order valence-electron chi connectivity index (χ3n) is 2.62. The SMILES string of the molecule is COCCC(NC(=O)CCC(=O)c1cccs1)C(=O)O. The molecule has 7 heteroatoms. The summed E-state index contributed by atoms with van der Waals surface area (Å²) in [5, 5.41) is 13.1. The second-order valence-corrected chi connectivity index (χ2v) is 5.09. The number of carbonyl (C=O) groups is 3. The fraction of sp³-hybridized carbons (Fsp3) is 0.462. The van der Waals surface area contributed by atoms with E-state index in [0.29, 0.717) is 4.88 Å². The highest BCUT2D eigenvalue weighted by Crippen LogP contribution is 2.12. The van der Waals surface area contributed by atoms with E-state index in [1.54, 1.807) is 17.5 Å². The number of rotatable bonds is 9. The molecule has 0 aliphatic rings. The van der Waals surface area contributed by atoms with Crippen LogP contribution in [-0.4, -0.2) is 42.5 Å². The van der Waals surface area contributed by atoms with Crippen LogP contribution in [-0.2, 0) is 14.3 Å². The lowest BCUT2D eigenvalue weighted by Gasteiger charge is -2.13. The van der Waals surface area contributed by atoms with Gasteiger partial charge in [-0.25, -0.2) is 4.79 Å².